The number of H-pyrrole nitrogens is 1. The Morgan fingerprint density at radius 1 is 1.17 bits per heavy atom. The van der Waals surface area contributed by atoms with Gasteiger partial charge >= 0.3 is 0 Å². The van der Waals surface area contributed by atoms with E-state index in [4.69, 9.17) is 22.1 Å². The van der Waals surface area contributed by atoms with Crippen molar-refractivity contribution >= 4 is 17.3 Å². The van der Waals surface area contributed by atoms with Crippen molar-refractivity contribution in [2.45, 2.75) is 0 Å². The van der Waals surface area contributed by atoms with Crippen LogP contribution in [-0.4, -0.2) is 22.3 Å². The van der Waals surface area contributed by atoms with E-state index in [2.05, 4.69) is 15.2 Å². The van der Waals surface area contributed by atoms with E-state index in [1.54, 1.807) is 12.1 Å². The topological polar surface area (TPSA) is 76.8 Å². The Kier molecular flexibility index (Phi) is 3.87. The summed E-state index contributed by atoms with van der Waals surface area (Å²) in [4.78, 5) is 4.27. The molecule has 118 valence electrons. The summed E-state index contributed by atoms with van der Waals surface area (Å²) >= 11 is 6.02. The predicted octanol–water partition coefficient (Wildman–Crippen LogP) is 3.66. The Hall–Kier alpha value is -2.67. The fraction of sp³-hybridized carbons (Fsp3) is 0.0667. The molecule has 0 radical (unpaired) electrons. The number of nitrogens with two attached hydrogens (primary N) is 1. The maximum Gasteiger partial charge on any atom is 0.181 e. The van der Waals surface area contributed by atoms with Crippen LogP contribution in [0.15, 0.2) is 30.3 Å². The minimum absolute atomic E-state index is 0.217. The summed E-state index contributed by atoms with van der Waals surface area (Å²) in [6, 6.07) is 6.58. The highest BCUT2D eigenvalue weighted by molar-refractivity contribution is 6.33. The first kappa shape index (κ1) is 15.2. The van der Waals surface area contributed by atoms with Crippen LogP contribution in [0.5, 0.6) is 5.75 Å². The Morgan fingerprint density at radius 3 is 2.65 bits per heavy atom. The number of hydrogen-bond acceptors (Lipinski definition) is 4. The zero-order valence-electron chi connectivity index (χ0n) is 11.9. The third kappa shape index (κ3) is 2.83. The maximum atomic E-state index is 13.3. The van der Waals surface area contributed by atoms with Crippen LogP contribution < -0.4 is 10.5 Å². The zero-order chi connectivity index (χ0) is 16.6. The van der Waals surface area contributed by atoms with Gasteiger partial charge in [-0.25, -0.2) is 13.8 Å². The molecule has 0 spiro atoms. The number of halogens is 3. The number of nitrogens with zero attached hydrogens (tertiary/aromatic N) is 2. The lowest BCUT2D eigenvalue weighted by molar-refractivity contribution is 0.416. The van der Waals surface area contributed by atoms with Gasteiger partial charge in [0.1, 0.15) is 5.75 Å². The van der Waals surface area contributed by atoms with Gasteiger partial charge in [0.2, 0.25) is 0 Å². The van der Waals surface area contributed by atoms with Crippen LogP contribution in [0.25, 0.3) is 22.8 Å². The monoisotopic (exact) mass is 336 g/mol. The molecule has 2 aromatic carbocycles. The van der Waals surface area contributed by atoms with Crippen LogP contribution in [0.1, 0.15) is 0 Å². The standard InChI is InChI=1S/C15H11ClF2N4O/c1-23-13-6-12(19)9(16)5-8(13)15-20-14(21-22-15)7-2-3-10(17)11(18)4-7/h2-6H,19H2,1H3,(H,20,21,22). The second-order valence-corrected chi connectivity index (χ2v) is 5.12. The second-order valence-electron chi connectivity index (χ2n) is 4.71. The third-order valence-corrected chi connectivity index (χ3v) is 3.56. The van der Waals surface area contributed by atoms with Crippen molar-refractivity contribution in [2.75, 3.05) is 12.8 Å². The molecule has 8 heteroatoms. The molecule has 3 N–H and O–H groups in total. The number of methoxy groups -OCH3 is 1. The van der Waals surface area contributed by atoms with Gasteiger partial charge in [0.25, 0.3) is 0 Å². The molecule has 0 bridgehead atoms. The lowest BCUT2D eigenvalue weighted by Gasteiger charge is -2.08. The minimum Gasteiger partial charge on any atom is -0.496 e. The van der Waals surface area contributed by atoms with E-state index >= 15 is 0 Å². The maximum absolute atomic E-state index is 13.3. The van der Waals surface area contributed by atoms with E-state index in [0.717, 1.165) is 12.1 Å². The molecule has 1 heterocycles. The highest BCUT2D eigenvalue weighted by Gasteiger charge is 2.15. The number of hydrogen-bond donors (Lipinski definition) is 2. The summed E-state index contributed by atoms with van der Waals surface area (Å²) in [5.74, 6) is -0.865. The van der Waals surface area contributed by atoms with Gasteiger partial charge < -0.3 is 10.5 Å². The number of ether oxygens (including phenoxy) is 1. The Morgan fingerprint density at radius 2 is 1.96 bits per heavy atom. The normalized spacial score (nSPS) is 10.8. The molecule has 0 unspecified atom stereocenters. The summed E-state index contributed by atoms with van der Waals surface area (Å²) in [5, 5.41) is 7.06. The highest BCUT2D eigenvalue weighted by atomic mass is 35.5. The first-order valence-corrected chi connectivity index (χ1v) is 6.88. The van der Waals surface area contributed by atoms with E-state index < -0.39 is 11.6 Å². The molecule has 0 fully saturated rings. The Labute approximate surface area is 135 Å². The average molecular weight is 337 g/mol. The summed E-state index contributed by atoms with van der Waals surface area (Å²) < 4.78 is 31.6. The summed E-state index contributed by atoms with van der Waals surface area (Å²) in [6.07, 6.45) is 0. The molecular weight excluding hydrogens is 326 g/mol. The molecule has 1 aromatic heterocycles. The van der Waals surface area contributed by atoms with Gasteiger partial charge in [-0.05, 0) is 24.3 Å². The van der Waals surface area contributed by atoms with Gasteiger partial charge in [-0.3, -0.25) is 5.10 Å². The molecule has 0 aliphatic carbocycles. The number of nitrogens with one attached hydrogen (secondary N) is 1. The Bertz CT molecular complexity index is 882. The second kappa shape index (κ2) is 5.85. The highest BCUT2D eigenvalue weighted by Crippen LogP contribution is 2.35. The van der Waals surface area contributed by atoms with E-state index in [-0.39, 0.29) is 5.82 Å². The van der Waals surface area contributed by atoms with Gasteiger partial charge in [-0.1, -0.05) is 11.6 Å². The molecular formula is C15H11ClF2N4O. The van der Waals surface area contributed by atoms with Crippen molar-refractivity contribution < 1.29 is 13.5 Å². The van der Waals surface area contributed by atoms with Crippen LogP contribution in [0.4, 0.5) is 14.5 Å². The number of benzene rings is 2. The van der Waals surface area contributed by atoms with Gasteiger partial charge in [-0.2, -0.15) is 5.10 Å². The van der Waals surface area contributed by atoms with Crippen molar-refractivity contribution in [1.29, 1.82) is 0 Å². The quantitative estimate of drug-likeness (QED) is 0.716. The van der Waals surface area contributed by atoms with Crippen molar-refractivity contribution in [2.24, 2.45) is 0 Å². The summed E-state index contributed by atoms with van der Waals surface area (Å²) in [7, 11) is 1.48. The first-order valence-electron chi connectivity index (χ1n) is 6.51. The lowest BCUT2D eigenvalue weighted by atomic mass is 10.1. The minimum atomic E-state index is -0.970. The molecule has 0 amide bonds. The van der Waals surface area contributed by atoms with Crippen molar-refractivity contribution in [3.63, 3.8) is 0 Å². The summed E-state index contributed by atoms with van der Waals surface area (Å²) in [5.41, 5.74) is 6.99. The van der Waals surface area contributed by atoms with Crippen LogP contribution in [0.3, 0.4) is 0 Å². The third-order valence-electron chi connectivity index (χ3n) is 3.24. The van der Waals surface area contributed by atoms with Crippen molar-refractivity contribution in [3.05, 3.63) is 47.0 Å². The molecule has 5 nitrogen and oxygen atoms in total. The molecule has 0 atom stereocenters. The number of aromatic nitrogens is 3. The van der Waals surface area contributed by atoms with E-state index in [1.165, 1.54) is 13.2 Å². The van der Waals surface area contributed by atoms with E-state index in [9.17, 15) is 8.78 Å². The fourth-order valence-corrected chi connectivity index (χ4v) is 2.23. The molecule has 0 aliphatic heterocycles. The number of nitrogen functional groups attached to an aromatic ring is 1. The number of rotatable bonds is 3. The van der Waals surface area contributed by atoms with Crippen molar-refractivity contribution in [3.8, 4) is 28.5 Å². The fourth-order valence-electron chi connectivity index (χ4n) is 2.07. The summed E-state index contributed by atoms with van der Waals surface area (Å²) in [6.45, 7) is 0. The van der Waals surface area contributed by atoms with Gasteiger partial charge in [0.05, 0.1) is 23.4 Å². The van der Waals surface area contributed by atoms with Crippen LogP contribution in [0.2, 0.25) is 5.02 Å². The molecule has 0 saturated carbocycles. The molecule has 3 aromatic rings. The van der Waals surface area contributed by atoms with Crippen LogP contribution in [-0.2, 0) is 0 Å². The van der Waals surface area contributed by atoms with Crippen LogP contribution >= 0.6 is 11.6 Å². The van der Waals surface area contributed by atoms with Gasteiger partial charge in [0.15, 0.2) is 23.3 Å². The molecule has 0 aliphatic rings. The van der Waals surface area contributed by atoms with Crippen molar-refractivity contribution in [1.82, 2.24) is 15.2 Å². The number of aromatic amines is 1. The van der Waals surface area contributed by atoms with E-state index in [0.29, 0.717) is 33.4 Å². The van der Waals surface area contributed by atoms with Crippen LogP contribution in [0, 0.1) is 11.6 Å². The molecule has 0 saturated heterocycles. The average Bonchev–Trinajstić information content (AvgIpc) is 3.02. The Balaban J connectivity index is 2.05. The number of anilines is 1. The molecule has 3 rings (SSSR count). The lowest BCUT2D eigenvalue weighted by Crippen LogP contribution is -1.94. The first-order chi connectivity index (χ1) is 11.0. The predicted molar refractivity (Wildman–Crippen MR) is 83.1 cm³/mol. The van der Waals surface area contributed by atoms with Gasteiger partial charge in [-0.15, -0.1) is 0 Å². The van der Waals surface area contributed by atoms with Gasteiger partial charge in [0, 0.05) is 11.6 Å². The molecule has 23 heavy (non-hydrogen) atoms. The zero-order valence-corrected chi connectivity index (χ0v) is 12.7. The smallest absolute Gasteiger partial charge is 0.181 e. The SMILES string of the molecule is COc1cc(N)c(Cl)cc1-c1nc(-c2ccc(F)c(F)c2)n[nH]1. The van der Waals surface area contributed by atoms with E-state index in [1.807, 2.05) is 0 Å². The largest absolute Gasteiger partial charge is 0.496 e.